The van der Waals surface area contributed by atoms with E-state index < -0.39 is 0 Å². The van der Waals surface area contributed by atoms with Crippen LogP contribution in [0, 0.1) is 6.92 Å². The van der Waals surface area contributed by atoms with Gasteiger partial charge in [-0.1, -0.05) is 0 Å². The zero-order valence-electron chi connectivity index (χ0n) is 16.7. The van der Waals surface area contributed by atoms with Crippen LogP contribution >= 0.6 is 0 Å². The van der Waals surface area contributed by atoms with Crippen molar-refractivity contribution in [3.05, 3.63) is 23.5 Å². The number of amides is 1. The number of hydrogen-bond acceptors (Lipinski definition) is 5. The molecule has 0 unspecified atom stereocenters. The van der Waals surface area contributed by atoms with Crippen molar-refractivity contribution in [2.24, 2.45) is 0 Å². The Hall–Kier alpha value is -1.66. The summed E-state index contributed by atoms with van der Waals surface area (Å²) in [4.78, 5) is 23.5. The lowest BCUT2D eigenvalue weighted by atomic mass is 10.0. The molecule has 0 radical (unpaired) electrons. The molecule has 3 fully saturated rings. The van der Waals surface area contributed by atoms with Gasteiger partial charge in [0.15, 0.2) is 0 Å². The van der Waals surface area contributed by atoms with Gasteiger partial charge in [-0.25, -0.2) is 0 Å². The second-order valence-corrected chi connectivity index (χ2v) is 8.21. The summed E-state index contributed by atoms with van der Waals surface area (Å²) in [5.74, 6) is 0.713. The molecule has 1 aromatic heterocycles. The fourth-order valence-electron chi connectivity index (χ4n) is 4.76. The maximum absolute atomic E-state index is 11.6. The van der Waals surface area contributed by atoms with Crippen molar-refractivity contribution in [3.8, 4) is 0 Å². The van der Waals surface area contributed by atoms with E-state index in [2.05, 4.69) is 28.9 Å². The number of ether oxygens (including phenoxy) is 1. The molecule has 3 aliphatic heterocycles. The minimum atomic E-state index is 0.181. The van der Waals surface area contributed by atoms with Crippen molar-refractivity contribution in [2.45, 2.75) is 45.1 Å². The van der Waals surface area contributed by atoms with E-state index in [9.17, 15) is 4.79 Å². The molecule has 0 N–H and O–H groups in total. The standard InChI is InChI=1S/C21H32N4O2/c1-16-13-20(24-9-7-23(8-10-24)17(2)26)14-21(22-16)18-3-6-25(15-18)19-4-11-27-12-5-19/h13-14,18-19H,3-12,15H2,1-2H3/t18-/m1/s1. The van der Waals surface area contributed by atoms with Gasteiger partial charge in [-0.05, 0) is 44.9 Å². The lowest BCUT2D eigenvalue weighted by Gasteiger charge is -2.36. The maximum Gasteiger partial charge on any atom is 0.219 e. The molecule has 1 amide bonds. The predicted octanol–water partition coefficient (Wildman–Crippen LogP) is 2.03. The van der Waals surface area contributed by atoms with Crippen LogP contribution in [-0.4, -0.2) is 79.2 Å². The molecule has 4 rings (SSSR count). The first-order chi connectivity index (χ1) is 13.1. The molecular weight excluding hydrogens is 340 g/mol. The first kappa shape index (κ1) is 18.7. The quantitative estimate of drug-likeness (QED) is 0.813. The monoisotopic (exact) mass is 372 g/mol. The van der Waals surface area contributed by atoms with Crippen LogP contribution in [0.2, 0.25) is 0 Å². The van der Waals surface area contributed by atoms with Crippen molar-refractivity contribution in [1.82, 2.24) is 14.8 Å². The SMILES string of the molecule is CC(=O)N1CCN(c2cc(C)nc([C@@H]3CCN(C4CCOCC4)C3)c2)CC1. The molecule has 0 aliphatic carbocycles. The van der Waals surface area contributed by atoms with Crippen LogP contribution < -0.4 is 4.90 Å². The molecular formula is C21H32N4O2. The van der Waals surface area contributed by atoms with Gasteiger partial charge < -0.3 is 14.5 Å². The minimum Gasteiger partial charge on any atom is -0.381 e. The summed E-state index contributed by atoms with van der Waals surface area (Å²) in [7, 11) is 0. The molecule has 1 aromatic rings. The summed E-state index contributed by atoms with van der Waals surface area (Å²) in [6.45, 7) is 11.3. The zero-order valence-corrected chi connectivity index (χ0v) is 16.7. The number of piperazine rings is 1. The van der Waals surface area contributed by atoms with E-state index in [4.69, 9.17) is 9.72 Å². The molecule has 1 atom stereocenters. The van der Waals surface area contributed by atoms with Crippen LogP contribution in [0.1, 0.15) is 43.5 Å². The number of aryl methyl sites for hydroxylation is 1. The fourth-order valence-corrected chi connectivity index (χ4v) is 4.76. The van der Waals surface area contributed by atoms with Gasteiger partial charge in [0.2, 0.25) is 5.91 Å². The molecule has 0 bridgehead atoms. The van der Waals surface area contributed by atoms with Crippen LogP contribution in [0.25, 0.3) is 0 Å². The average molecular weight is 373 g/mol. The highest BCUT2D eigenvalue weighted by Gasteiger charge is 2.31. The lowest BCUT2D eigenvalue weighted by molar-refractivity contribution is -0.129. The third-order valence-electron chi connectivity index (χ3n) is 6.39. The Morgan fingerprint density at radius 2 is 1.81 bits per heavy atom. The Morgan fingerprint density at radius 3 is 2.52 bits per heavy atom. The van der Waals surface area contributed by atoms with E-state index in [0.717, 1.165) is 51.6 Å². The van der Waals surface area contributed by atoms with Gasteiger partial charge in [-0.3, -0.25) is 14.7 Å². The summed E-state index contributed by atoms with van der Waals surface area (Å²) >= 11 is 0. The summed E-state index contributed by atoms with van der Waals surface area (Å²) in [5, 5.41) is 0. The number of anilines is 1. The summed E-state index contributed by atoms with van der Waals surface area (Å²) < 4.78 is 5.52. The van der Waals surface area contributed by atoms with E-state index >= 15 is 0 Å². The first-order valence-electron chi connectivity index (χ1n) is 10.4. The number of carbonyl (C=O) groups excluding carboxylic acids is 1. The lowest BCUT2D eigenvalue weighted by Crippen LogP contribution is -2.48. The Bertz CT molecular complexity index is 666. The van der Waals surface area contributed by atoms with E-state index in [1.807, 2.05) is 4.90 Å². The molecule has 0 saturated carbocycles. The number of pyridine rings is 1. The number of rotatable bonds is 3. The zero-order chi connectivity index (χ0) is 18.8. The van der Waals surface area contributed by atoms with Gasteiger partial charge in [0, 0.05) is 81.9 Å². The Balaban J connectivity index is 1.43. The average Bonchev–Trinajstić information content (AvgIpc) is 3.19. The molecule has 3 aliphatic rings. The molecule has 0 aromatic carbocycles. The Kier molecular flexibility index (Phi) is 5.64. The van der Waals surface area contributed by atoms with Crippen LogP contribution in [0.4, 0.5) is 5.69 Å². The Morgan fingerprint density at radius 1 is 1.07 bits per heavy atom. The smallest absolute Gasteiger partial charge is 0.219 e. The molecule has 0 spiro atoms. The van der Waals surface area contributed by atoms with Crippen LogP contribution in [0.3, 0.4) is 0 Å². The fraction of sp³-hybridized carbons (Fsp3) is 0.714. The molecule has 148 valence electrons. The molecule has 3 saturated heterocycles. The van der Waals surface area contributed by atoms with E-state index in [1.54, 1.807) is 6.92 Å². The second kappa shape index (κ2) is 8.15. The number of hydrogen-bond donors (Lipinski definition) is 0. The number of likely N-dealkylation sites (tertiary alicyclic amines) is 1. The van der Waals surface area contributed by atoms with Crippen LogP contribution in [0.5, 0.6) is 0 Å². The topological polar surface area (TPSA) is 48.9 Å². The van der Waals surface area contributed by atoms with Crippen molar-refractivity contribution in [3.63, 3.8) is 0 Å². The van der Waals surface area contributed by atoms with Crippen LogP contribution in [0.15, 0.2) is 12.1 Å². The first-order valence-corrected chi connectivity index (χ1v) is 10.4. The minimum absolute atomic E-state index is 0.181. The van der Waals surface area contributed by atoms with E-state index in [-0.39, 0.29) is 5.91 Å². The van der Waals surface area contributed by atoms with Gasteiger partial charge in [-0.15, -0.1) is 0 Å². The summed E-state index contributed by atoms with van der Waals surface area (Å²) in [6, 6.07) is 5.18. The maximum atomic E-state index is 11.6. The third-order valence-corrected chi connectivity index (χ3v) is 6.39. The van der Waals surface area contributed by atoms with Gasteiger partial charge in [0.25, 0.3) is 0 Å². The van der Waals surface area contributed by atoms with Gasteiger partial charge >= 0.3 is 0 Å². The Labute approximate surface area is 162 Å². The third kappa shape index (κ3) is 4.27. The van der Waals surface area contributed by atoms with Crippen molar-refractivity contribution in [1.29, 1.82) is 0 Å². The van der Waals surface area contributed by atoms with Crippen molar-refractivity contribution >= 4 is 11.6 Å². The van der Waals surface area contributed by atoms with Crippen molar-refractivity contribution < 1.29 is 9.53 Å². The molecule has 6 heteroatoms. The number of carbonyl (C=O) groups is 1. The molecule has 6 nitrogen and oxygen atoms in total. The normalized spacial score (nSPS) is 25.2. The van der Waals surface area contributed by atoms with E-state index in [1.165, 1.54) is 37.2 Å². The second-order valence-electron chi connectivity index (χ2n) is 8.21. The highest BCUT2D eigenvalue weighted by atomic mass is 16.5. The number of aromatic nitrogens is 1. The van der Waals surface area contributed by atoms with Gasteiger partial charge in [0.1, 0.15) is 0 Å². The van der Waals surface area contributed by atoms with Gasteiger partial charge in [0.05, 0.1) is 0 Å². The van der Waals surface area contributed by atoms with Gasteiger partial charge in [-0.2, -0.15) is 0 Å². The highest BCUT2D eigenvalue weighted by molar-refractivity contribution is 5.73. The van der Waals surface area contributed by atoms with Crippen LogP contribution in [-0.2, 0) is 9.53 Å². The highest BCUT2D eigenvalue weighted by Crippen LogP contribution is 2.32. The number of nitrogens with zero attached hydrogens (tertiary/aromatic N) is 4. The van der Waals surface area contributed by atoms with E-state index in [0.29, 0.717) is 12.0 Å². The summed E-state index contributed by atoms with van der Waals surface area (Å²) in [5.41, 5.74) is 3.61. The predicted molar refractivity (Wildman–Crippen MR) is 106 cm³/mol. The van der Waals surface area contributed by atoms with Crippen molar-refractivity contribution in [2.75, 3.05) is 57.4 Å². The molecule has 4 heterocycles. The summed E-state index contributed by atoms with van der Waals surface area (Å²) in [6.07, 6.45) is 3.53. The molecule has 27 heavy (non-hydrogen) atoms. The largest absolute Gasteiger partial charge is 0.381 e.